The summed E-state index contributed by atoms with van der Waals surface area (Å²) in [4.78, 5) is 17.6. The summed E-state index contributed by atoms with van der Waals surface area (Å²) < 4.78 is 9.13. The van der Waals surface area contributed by atoms with E-state index in [4.69, 9.17) is 4.74 Å². The van der Waals surface area contributed by atoms with Gasteiger partial charge in [-0.15, -0.1) is 10.2 Å². The molecular formula is C27H27N7O2. The van der Waals surface area contributed by atoms with Crippen molar-refractivity contribution in [2.75, 3.05) is 7.11 Å². The van der Waals surface area contributed by atoms with Crippen LogP contribution in [0.3, 0.4) is 0 Å². The van der Waals surface area contributed by atoms with Crippen molar-refractivity contribution >= 4 is 0 Å². The number of methoxy groups -OCH3 is 1. The van der Waals surface area contributed by atoms with Crippen LogP contribution in [0, 0.1) is 0 Å². The SMILES string of the molecule is CCCC(c1ccccc1OC)n1ccn(Cc2ccc(-c3ccncc3-c3nn[nH]n3)cc2)c1=O. The van der Waals surface area contributed by atoms with Crippen molar-refractivity contribution in [2.45, 2.75) is 32.4 Å². The van der Waals surface area contributed by atoms with E-state index in [1.807, 2.05) is 71.6 Å². The average Bonchev–Trinajstić information content (AvgIpc) is 3.59. The quantitative estimate of drug-likeness (QED) is 0.336. The fraction of sp³-hybridized carbons (Fsp3) is 0.222. The molecule has 1 N–H and O–H groups in total. The number of aromatic nitrogens is 7. The van der Waals surface area contributed by atoms with Gasteiger partial charge >= 0.3 is 5.69 Å². The summed E-state index contributed by atoms with van der Waals surface area (Å²) >= 11 is 0. The lowest BCUT2D eigenvalue weighted by atomic mass is 10.00. The standard InChI is InChI=1S/C27H27N7O2/c1-3-6-24(22-7-4-5-8-25(22)36-2)34-16-15-33(27(34)35)18-19-9-11-20(12-10-19)21-13-14-28-17-23(21)26-29-31-32-30-26/h4-5,7-17,24H,3,6,18H2,1-2H3,(H,29,30,31,32). The predicted molar refractivity (Wildman–Crippen MR) is 137 cm³/mol. The van der Waals surface area contributed by atoms with E-state index in [0.717, 1.165) is 46.4 Å². The molecule has 0 bridgehead atoms. The number of rotatable bonds is 9. The van der Waals surface area contributed by atoms with Gasteiger partial charge in [-0.2, -0.15) is 5.21 Å². The molecule has 3 aromatic heterocycles. The molecule has 0 radical (unpaired) electrons. The molecule has 5 rings (SSSR count). The van der Waals surface area contributed by atoms with Gasteiger partial charge in [0, 0.05) is 35.9 Å². The van der Waals surface area contributed by atoms with Gasteiger partial charge < -0.3 is 4.74 Å². The van der Waals surface area contributed by atoms with Crippen molar-refractivity contribution in [1.82, 2.24) is 34.7 Å². The van der Waals surface area contributed by atoms with E-state index in [9.17, 15) is 4.79 Å². The molecule has 1 unspecified atom stereocenters. The van der Waals surface area contributed by atoms with E-state index in [1.54, 1.807) is 24.1 Å². The second kappa shape index (κ2) is 10.4. The largest absolute Gasteiger partial charge is 0.496 e. The topological polar surface area (TPSA) is 104 Å². The number of nitrogens with zero attached hydrogens (tertiary/aromatic N) is 6. The Morgan fingerprint density at radius 2 is 1.86 bits per heavy atom. The summed E-state index contributed by atoms with van der Waals surface area (Å²) in [6.45, 7) is 2.60. The van der Waals surface area contributed by atoms with Crippen LogP contribution in [0.5, 0.6) is 5.75 Å². The third kappa shape index (κ3) is 4.55. The molecule has 182 valence electrons. The first-order valence-corrected chi connectivity index (χ1v) is 11.9. The van der Waals surface area contributed by atoms with Crippen LogP contribution >= 0.6 is 0 Å². The van der Waals surface area contributed by atoms with Crippen molar-refractivity contribution in [3.63, 3.8) is 0 Å². The van der Waals surface area contributed by atoms with Crippen LogP contribution in [0.2, 0.25) is 0 Å². The molecular weight excluding hydrogens is 454 g/mol. The van der Waals surface area contributed by atoms with Crippen LogP contribution in [0.15, 0.2) is 84.2 Å². The molecule has 0 amide bonds. The molecule has 1 atom stereocenters. The molecule has 0 aliphatic carbocycles. The van der Waals surface area contributed by atoms with Gasteiger partial charge in [-0.25, -0.2) is 4.79 Å². The van der Waals surface area contributed by atoms with Gasteiger partial charge in [-0.1, -0.05) is 55.8 Å². The highest BCUT2D eigenvalue weighted by Gasteiger charge is 2.20. The summed E-state index contributed by atoms with van der Waals surface area (Å²) in [6, 6.07) is 17.9. The molecule has 0 fully saturated rings. The second-order valence-electron chi connectivity index (χ2n) is 8.52. The minimum absolute atomic E-state index is 0.0445. The zero-order chi connectivity index (χ0) is 24.9. The lowest BCUT2D eigenvalue weighted by molar-refractivity contribution is 0.395. The summed E-state index contributed by atoms with van der Waals surface area (Å²) in [5.74, 6) is 1.29. The van der Waals surface area contributed by atoms with Crippen molar-refractivity contribution in [1.29, 1.82) is 0 Å². The number of benzene rings is 2. The van der Waals surface area contributed by atoms with Gasteiger partial charge in [-0.05, 0) is 40.5 Å². The Kier molecular flexibility index (Phi) is 6.70. The molecule has 5 aromatic rings. The fourth-order valence-electron chi connectivity index (χ4n) is 4.53. The summed E-state index contributed by atoms with van der Waals surface area (Å²) in [5.41, 5.74) is 4.76. The maximum Gasteiger partial charge on any atom is 0.329 e. The molecule has 0 spiro atoms. The Bertz CT molecular complexity index is 1490. The molecule has 0 saturated heterocycles. The number of tetrazole rings is 1. The number of nitrogens with one attached hydrogen (secondary N) is 1. The first-order chi connectivity index (χ1) is 17.7. The zero-order valence-electron chi connectivity index (χ0n) is 20.2. The number of hydrogen-bond acceptors (Lipinski definition) is 6. The molecule has 0 aliphatic heterocycles. The van der Waals surface area contributed by atoms with Gasteiger partial charge in [0.05, 0.1) is 19.7 Å². The number of aromatic amines is 1. The van der Waals surface area contributed by atoms with E-state index < -0.39 is 0 Å². The second-order valence-corrected chi connectivity index (χ2v) is 8.52. The molecule has 3 heterocycles. The minimum atomic E-state index is -0.0856. The average molecular weight is 482 g/mol. The monoisotopic (exact) mass is 481 g/mol. The molecule has 36 heavy (non-hydrogen) atoms. The van der Waals surface area contributed by atoms with Crippen LogP contribution in [0.25, 0.3) is 22.5 Å². The lowest BCUT2D eigenvalue weighted by Gasteiger charge is -2.20. The van der Waals surface area contributed by atoms with E-state index in [1.165, 1.54) is 0 Å². The molecule has 0 saturated carbocycles. The van der Waals surface area contributed by atoms with Crippen LogP contribution < -0.4 is 10.4 Å². The van der Waals surface area contributed by atoms with E-state index in [-0.39, 0.29) is 11.7 Å². The Labute approximate surface area is 208 Å². The van der Waals surface area contributed by atoms with Crippen molar-refractivity contribution in [2.24, 2.45) is 0 Å². The first-order valence-electron chi connectivity index (χ1n) is 11.9. The summed E-state index contributed by atoms with van der Waals surface area (Å²) in [6.07, 6.45) is 8.98. The van der Waals surface area contributed by atoms with Gasteiger partial charge in [0.25, 0.3) is 0 Å². The normalized spacial score (nSPS) is 11.9. The first kappa shape index (κ1) is 23.2. The zero-order valence-corrected chi connectivity index (χ0v) is 20.2. The fourth-order valence-corrected chi connectivity index (χ4v) is 4.53. The lowest BCUT2D eigenvalue weighted by Crippen LogP contribution is -2.28. The molecule has 2 aromatic carbocycles. The number of pyridine rings is 1. The third-order valence-electron chi connectivity index (χ3n) is 6.29. The van der Waals surface area contributed by atoms with Crippen molar-refractivity contribution in [3.05, 3.63) is 101 Å². The summed E-state index contributed by atoms with van der Waals surface area (Å²) in [7, 11) is 1.66. The maximum absolute atomic E-state index is 13.4. The number of imidazole rings is 1. The van der Waals surface area contributed by atoms with E-state index in [0.29, 0.717) is 12.4 Å². The van der Waals surface area contributed by atoms with Crippen LogP contribution in [0.4, 0.5) is 0 Å². The highest BCUT2D eigenvalue weighted by Crippen LogP contribution is 2.31. The smallest absolute Gasteiger partial charge is 0.329 e. The highest BCUT2D eigenvalue weighted by molar-refractivity contribution is 5.79. The Hall–Kier alpha value is -4.53. The van der Waals surface area contributed by atoms with Gasteiger partial charge in [-0.3, -0.25) is 14.1 Å². The Balaban J connectivity index is 1.40. The summed E-state index contributed by atoms with van der Waals surface area (Å²) in [5, 5.41) is 14.3. The van der Waals surface area contributed by atoms with Crippen LogP contribution in [-0.2, 0) is 6.54 Å². The van der Waals surface area contributed by atoms with Gasteiger partial charge in [0.15, 0.2) is 0 Å². The minimum Gasteiger partial charge on any atom is -0.496 e. The number of H-pyrrole nitrogens is 1. The number of para-hydroxylation sites is 1. The maximum atomic E-state index is 13.4. The van der Waals surface area contributed by atoms with E-state index in [2.05, 4.69) is 32.5 Å². The Morgan fingerprint density at radius 3 is 2.61 bits per heavy atom. The molecule has 0 aliphatic rings. The molecule has 9 heteroatoms. The van der Waals surface area contributed by atoms with Crippen LogP contribution in [0.1, 0.15) is 36.9 Å². The predicted octanol–water partition coefficient (Wildman–Crippen LogP) is 4.34. The number of ether oxygens (including phenoxy) is 1. The van der Waals surface area contributed by atoms with Crippen molar-refractivity contribution < 1.29 is 4.74 Å². The van der Waals surface area contributed by atoms with Crippen LogP contribution in [-0.4, -0.2) is 41.9 Å². The van der Waals surface area contributed by atoms with Gasteiger partial charge in [0.2, 0.25) is 5.82 Å². The molecule has 9 nitrogen and oxygen atoms in total. The van der Waals surface area contributed by atoms with E-state index >= 15 is 0 Å². The van der Waals surface area contributed by atoms with Crippen molar-refractivity contribution in [3.8, 4) is 28.3 Å². The number of hydrogen-bond donors (Lipinski definition) is 1. The highest BCUT2D eigenvalue weighted by atomic mass is 16.5. The Morgan fingerprint density at radius 1 is 1.03 bits per heavy atom. The third-order valence-corrected chi connectivity index (χ3v) is 6.29. The van der Waals surface area contributed by atoms with Gasteiger partial charge in [0.1, 0.15) is 5.75 Å².